The summed E-state index contributed by atoms with van der Waals surface area (Å²) in [5.41, 5.74) is 0. The van der Waals surface area contributed by atoms with Gasteiger partial charge in [0, 0.05) is 5.25 Å². The number of thioether (sulfide) groups is 1. The Labute approximate surface area is 98.2 Å². The van der Waals surface area contributed by atoms with Crippen molar-refractivity contribution in [3.8, 4) is 5.88 Å². The van der Waals surface area contributed by atoms with Crippen molar-refractivity contribution in [2.24, 2.45) is 0 Å². The average molecular weight is 267 g/mol. The Morgan fingerprint density at radius 2 is 2.27 bits per heavy atom. The normalized spacial score (nSPS) is 12.0. The van der Waals surface area contributed by atoms with Crippen molar-refractivity contribution in [1.29, 1.82) is 0 Å². The maximum absolute atomic E-state index is 11.1. The zero-order chi connectivity index (χ0) is 11.5. The second kappa shape index (κ2) is 5.18. The molecule has 0 aromatic carbocycles. The summed E-state index contributed by atoms with van der Waals surface area (Å²) in [5, 5.41) is 2.03. The lowest BCUT2D eigenvalue weighted by atomic mass is 10.6. The van der Waals surface area contributed by atoms with Crippen LogP contribution in [0.2, 0.25) is 0 Å². The van der Waals surface area contributed by atoms with Crippen molar-refractivity contribution in [2.45, 2.75) is 30.4 Å². The molecular weight excluding hydrogens is 254 g/mol. The van der Waals surface area contributed by atoms with E-state index in [1.54, 1.807) is 17.1 Å². The van der Waals surface area contributed by atoms with Gasteiger partial charge in [-0.3, -0.25) is 0 Å². The number of aromatic nitrogens is 1. The van der Waals surface area contributed by atoms with Gasteiger partial charge in [-0.25, -0.2) is 0 Å². The summed E-state index contributed by atoms with van der Waals surface area (Å²) >= 11 is 2.98. The first-order chi connectivity index (χ1) is 6.93. The summed E-state index contributed by atoms with van der Waals surface area (Å²) in [7, 11) is -3.45. The highest BCUT2D eigenvalue weighted by Gasteiger charge is 2.13. The summed E-state index contributed by atoms with van der Waals surface area (Å²) in [4.78, 5) is 4.06. The predicted molar refractivity (Wildman–Crippen MR) is 63.2 cm³/mol. The smallest absolute Gasteiger partial charge is 0.310 e. The van der Waals surface area contributed by atoms with Crippen LogP contribution in [-0.4, -0.2) is 24.4 Å². The van der Waals surface area contributed by atoms with Crippen LogP contribution in [0.15, 0.2) is 9.72 Å². The molecule has 0 radical (unpaired) electrons. The van der Waals surface area contributed by atoms with E-state index in [1.807, 2.05) is 0 Å². The van der Waals surface area contributed by atoms with Crippen LogP contribution in [0.4, 0.5) is 0 Å². The number of hydrogen-bond donors (Lipinski definition) is 0. The SMILES string of the molecule is CCS(=O)(=O)Oc1csc(SC(C)C)n1. The molecule has 0 spiro atoms. The van der Waals surface area contributed by atoms with Gasteiger partial charge >= 0.3 is 10.1 Å². The Morgan fingerprint density at radius 1 is 1.60 bits per heavy atom. The van der Waals surface area contributed by atoms with E-state index in [1.165, 1.54) is 18.3 Å². The van der Waals surface area contributed by atoms with E-state index in [9.17, 15) is 8.42 Å². The van der Waals surface area contributed by atoms with E-state index in [4.69, 9.17) is 4.18 Å². The van der Waals surface area contributed by atoms with Gasteiger partial charge in [-0.05, 0) is 6.92 Å². The van der Waals surface area contributed by atoms with Crippen molar-refractivity contribution >= 4 is 33.2 Å². The van der Waals surface area contributed by atoms with Gasteiger partial charge in [0.25, 0.3) is 0 Å². The summed E-state index contributed by atoms with van der Waals surface area (Å²) in [6, 6.07) is 0. The molecule has 0 fully saturated rings. The fraction of sp³-hybridized carbons (Fsp3) is 0.625. The van der Waals surface area contributed by atoms with Crippen molar-refractivity contribution in [3.05, 3.63) is 5.38 Å². The van der Waals surface area contributed by atoms with Crippen LogP contribution in [0.1, 0.15) is 20.8 Å². The Kier molecular flexibility index (Phi) is 4.42. The van der Waals surface area contributed by atoms with Gasteiger partial charge in [-0.2, -0.15) is 13.4 Å². The van der Waals surface area contributed by atoms with Crippen LogP contribution in [0.25, 0.3) is 0 Å². The van der Waals surface area contributed by atoms with E-state index in [0.29, 0.717) is 5.25 Å². The Morgan fingerprint density at radius 3 is 2.80 bits per heavy atom. The standard InChI is InChI=1S/C8H13NO3S3/c1-4-15(10,11)12-7-5-13-8(9-7)14-6(2)3/h5-6H,4H2,1-3H3. The highest BCUT2D eigenvalue weighted by Crippen LogP contribution is 2.29. The maximum atomic E-state index is 11.1. The fourth-order valence-electron chi connectivity index (χ4n) is 0.727. The molecule has 1 heterocycles. The number of nitrogens with zero attached hydrogens (tertiary/aromatic N) is 1. The number of rotatable bonds is 5. The summed E-state index contributed by atoms with van der Waals surface area (Å²) in [5.74, 6) is 0.127. The van der Waals surface area contributed by atoms with Crippen LogP contribution in [0, 0.1) is 0 Å². The minimum absolute atomic E-state index is 0.0445. The van der Waals surface area contributed by atoms with Crippen molar-refractivity contribution in [1.82, 2.24) is 4.98 Å². The van der Waals surface area contributed by atoms with E-state index in [-0.39, 0.29) is 11.6 Å². The fourth-order valence-corrected chi connectivity index (χ4v) is 3.19. The highest BCUT2D eigenvalue weighted by atomic mass is 32.2. The molecule has 1 rings (SSSR count). The van der Waals surface area contributed by atoms with Gasteiger partial charge in [-0.1, -0.05) is 25.6 Å². The second-order valence-corrected chi connectivity index (χ2v) is 7.59. The van der Waals surface area contributed by atoms with Gasteiger partial charge in [0.05, 0.1) is 11.1 Å². The van der Waals surface area contributed by atoms with Gasteiger partial charge < -0.3 is 4.18 Å². The lowest BCUT2D eigenvalue weighted by molar-refractivity contribution is 0.478. The molecule has 0 N–H and O–H groups in total. The third kappa shape index (κ3) is 4.40. The molecule has 0 atom stereocenters. The van der Waals surface area contributed by atoms with E-state index in [2.05, 4.69) is 18.8 Å². The molecule has 4 nitrogen and oxygen atoms in total. The van der Waals surface area contributed by atoms with Gasteiger partial charge in [0.1, 0.15) is 0 Å². The molecule has 0 saturated carbocycles. The first kappa shape index (κ1) is 12.8. The zero-order valence-electron chi connectivity index (χ0n) is 8.76. The van der Waals surface area contributed by atoms with Crippen LogP contribution in [-0.2, 0) is 10.1 Å². The molecule has 0 aliphatic rings. The molecule has 86 valence electrons. The molecule has 0 aliphatic heterocycles. The average Bonchev–Trinajstić information content (AvgIpc) is 2.50. The third-order valence-electron chi connectivity index (χ3n) is 1.36. The van der Waals surface area contributed by atoms with Gasteiger partial charge in [-0.15, -0.1) is 11.3 Å². The van der Waals surface area contributed by atoms with Crippen LogP contribution < -0.4 is 4.18 Å². The van der Waals surface area contributed by atoms with Gasteiger partial charge in [0.2, 0.25) is 5.88 Å². The Hall–Kier alpha value is -0.270. The molecule has 7 heteroatoms. The Bertz CT molecular complexity index is 411. The van der Waals surface area contributed by atoms with E-state index in [0.717, 1.165) is 4.34 Å². The molecule has 0 amide bonds. The lowest BCUT2D eigenvalue weighted by Crippen LogP contribution is -2.11. The third-order valence-corrected chi connectivity index (χ3v) is 4.45. The van der Waals surface area contributed by atoms with Crippen LogP contribution >= 0.6 is 23.1 Å². The molecule has 0 aliphatic carbocycles. The minimum atomic E-state index is -3.45. The zero-order valence-corrected chi connectivity index (χ0v) is 11.2. The summed E-state index contributed by atoms with van der Waals surface area (Å²) in [6.07, 6.45) is 0. The minimum Gasteiger partial charge on any atom is -0.361 e. The Balaban J connectivity index is 2.69. The monoisotopic (exact) mass is 267 g/mol. The van der Waals surface area contributed by atoms with Crippen molar-refractivity contribution < 1.29 is 12.6 Å². The van der Waals surface area contributed by atoms with E-state index >= 15 is 0 Å². The second-order valence-electron chi connectivity index (χ2n) is 3.05. The molecule has 0 saturated heterocycles. The van der Waals surface area contributed by atoms with Gasteiger partial charge in [0.15, 0.2) is 4.34 Å². The topological polar surface area (TPSA) is 56.3 Å². The summed E-state index contributed by atoms with van der Waals surface area (Å²) in [6.45, 7) is 5.64. The number of thiazole rings is 1. The molecule has 0 unspecified atom stereocenters. The maximum Gasteiger partial charge on any atom is 0.310 e. The van der Waals surface area contributed by atoms with E-state index < -0.39 is 10.1 Å². The quantitative estimate of drug-likeness (QED) is 0.605. The molecule has 0 bridgehead atoms. The van der Waals surface area contributed by atoms with Crippen molar-refractivity contribution in [2.75, 3.05) is 5.75 Å². The molecule has 15 heavy (non-hydrogen) atoms. The molecular formula is C8H13NO3S3. The molecule has 1 aromatic rings. The number of hydrogen-bond acceptors (Lipinski definition) is 6. The lowest BCUT2D eigenvalue weighted by Gasteiger charge is -2.00. The first-order valence-electron chi connectivity index (χ1n) is 4.47. The largest absolute Gasteiger partial charge is 0.361 e. The summed E-state index contributed by atoms with van der Waals surface area (Å²) < 4.78 is 27.9. The van der Waals surface area contributed by atoms with Crippen molar-refractivity contribution in [3.63, 3.8) is 0 Å². The van der Waals surface area contributed by atoms with Crippen LogP contribution in [0.3, 0.4) is 0 Å². The van der Waals surface area contributed by atoms with Crippen LogP contribution in [0.5, 0.6) is 5.88 Å². The molecule has 1 aromatic heterocycles. The first-order valence-corrected chi connectivity index (χ1v) is 7.81. The predicted octanol–water partition coefficient (Wildman–Crippen LogP) is 2.37. The highest BCUT2D eigenvalue weighted by molar-refractivity contribution is 8.01.